The van der Waals surface area contributed by atoms with E-state index < -0.39 is 0 Å². The molecule has 0 spiro atoms. The number of carbonyl (C=O) groups is 1. The fourth-order valence-electron chi connectivity index (χ4n) is 1.89. The number of carbonyl (C=O) groups excluding carboxylic acids is 1. The maximum absolute atomic E-state index is 11.5. The van der Waals surface area contributed by atoms with Crippen LogP contribution in [0.4, 0.5) is 5.69 Å². The van der Waals surface area contributed by atoms with Gasteiger partial charge >= 0.3 is 5.97 Å². The van der Waals surface area contributed by atoms with Crippen LogP contribution in [0.2, 0.25) is 0 Å². The number of benzene rings is 2. The molecule has 0 bridgehead atoms. The van der Waals surface area contributed by atoms with E-state index in [4.69, 9.17) is 4.74 Å². The summed E-state index contributed by atoms with van der Waals surface area (Å²) in [7, 11) is 1.39. The van der Waals surface area contributed by atoms with Gasteiger partial charge in [0.25, 0.3) is 0 Å². The molecule has 4 heteroatoms. The van der Waals surface area contributed by atoms with E-state index in [1.54, 1.807) is 6.07 Å². The van der Waals surface area contributed by atoms with Crippen molar-refractivity contribution in [2.45, 2.75) is 13.5 Å². The van der Waals surface area contributed by atoms with Gasteiger partial charge in [0.05, 0.1) is 12.7 Å². The van der Waals surface area contributed by atoms with Crippen molar-refractivity contribution in [2.24, 2.45) is 0 Å². The molecule has 0 saturated carbocycles. The van der Waals surface area contributed by atoms with Crippen LogP contribution in [-0.4, -0.2) is 13.1 Å². The Balaban J connectivity index is 2.09. The molecule has 0 radical (unpaired) electrons. The molecule has 20 heavy (non-hydrogen) atoms. The van der Waals surface area contributed by atoms with E-state index in [9.17, 15) is 4.79 Å². The summed E-state index contributed by atoms with van der Waals surface area (Å²) in [6.07, 6.45) is 0. The molecule has 0 unspecified atom stereocenters. The summed E-state index contributed by atoms with van der Waals surface area (Å²) >= 11 is 3.53. The zero-order valence-electron chi connectivity index (χ0n) is 11.4. The van der Waals surface area contributed by atoms with Gasteiger partial charge in [0.1, 0.15) is 0 Å². The first-order valence-electron chi connectivity index (χ1n) is 6.27. The minimum Gasteiger partial charge on any atom is -0.465 e. The Morgan fingerprint density at radius 2 is 2.05 bits per heavy atom. The van der Waals surface area contributed by atoms with Crippen molar-refractivity contribution in [3.8, 4) is 0 Å². The van der Waals surface area contributed by atoms with Gasteiger partial charge in [0.2, 0.25) is 0 Å². The normalized spacial score (nSPS) is 10.2. The predicted molar refractivity (Wildman–Crippen MR) is 84.0 cm³/mol. The van der Waals surface area contributed by atoms with Gasteiger partial charge in [-0.15, -0.1) is 0 Å². The van der Waals surface area contributed by atoms with Crippen molar-refractivity contribution in [2.75, 3.05) is 12.4 Å². The van der Waals surface area contributed by atoms with E-state index >= 15 is 0 Å². The Morgan fingerprint density at radius 3 is 2.75 bits per heavy atom. The average Bonchev–Trinajstić information content (AvgIpc) is 2.46. The van der Waals surface area contributed by atoms with Gasteiger partial charge in [-0.05, 0) is 58.2 Å². The first-order valence-corrected chi connectivity index (χ1v) is 7.06. The van der Waals surface area contributed by atoms with Gasteiger partial charge in [-0.25, -0.2) is 4.79 Å². The molecule has 0 amide bonds. The highest BCUT2D eigenvalue weighted by atomic mass is 79.9. The van der Waals surface area contributed by atoms with Crippen LogP contribution in [0.15, 0.2) is 46.9 Å². The Hall–Kier alpha value is -1.81. The first kappa shape index (κ1) is 14.6. The summed E-state index contributed by atoms with van der Waals surface area (Å²) in [4.78, 5) is 11.5. The number of ether oxygens (including phenoxy) is 1. The monoisotopic (exact) mass is 333 g/mol. The molecule has 0 aliphatic carbocycles. The highest BCUT2D eigenvalue weighted by molar-refractivity contribution is 9.10. The van der Waals surface area contributed by atoms with E-state index in [1.807, 2.05) is 31.2 Å². The molecule has 0 aromatic heterocycles. The molecule has 3 nitrogen and oxygen atoms in total. The van der Waals surface area contributed by atoms with E-state index in [2.05, 4.69) is 33.4 Å². The molecule has 0 heterocycles. The standard InChI is InChI=1S/C16H16BrNO2/c1-11-6-7-15(14(17)8-11)18-10-12-4-3-5-13(9-12)16(19)20-2/h3-9,18H,10H2,1-2H3. The van der Waals surface area contributed by atoms with Crippen LogP contribution in [0.5, 0.6) is 0 Å². The number of anilines is 1. The fourth-order valence-corrected chi connectivity index (χ4v) is 2.52. The maximum atomic E-state index is 11.5. The van der Waals surface area contributed by atoms with Crippen molar-refractivity contribution >= 4 is 27.6 Å². The zero-order chi connectivity index (χ0) is 14.5. The molecule has 0 aliphatic rings. The van der Waals surface area contributed by atoms with Crippen LogP contribution in [0.3, 0.4) is 0 Å². The van der Waals surface area contributed by atoms with Gasteiger partial charge in [-0.3, -0.25) is 0 Å². The molecule has 2 aromatic carbocycles. The molecule has 0 saturated heterocycles. The third-order valence-corrected chi connectivity index (χ3v) is 3.61. The van der Waals surface area contributed by atoms with Crippen LogP contribution in [0, 0.1) is 6.92 Å². The molecule has 0 atom stereocenters. The number of halogens is 1. The second-order valence-electron chi connectivity index (χ2n) is 4.53. The molecule has 104 valence electrons. The van der Waals surface area contributed by atoms with Gasteiger partial charge in [-0.1, -0.05) is 18.2 Å². The number of hydrogen-bond donors (Lipinski definition) is 1. The molecule has 0 fully saturated rings. The second kappa shape index (κ2) is 6.57. The summed E-state index contributed by atoms with van der Waals surface area (Å²) in [5, 5.41) is 3.34. The van der Waals surface area contributed by atoms with Crippen LogP contribution in [-0.2, 0) is 11.3 Å². The molecular weight excluding hydrogens is 318 g/mol. The second-order valence-corrected chi connectivity index (χ2v) is 5.38. The zero-order valence-corrected chi connectivity index (χ0v) is 13.0. The molecule has 2 aromatic rings. The van der Waals surface area contributed by atoms with E-state index in [0.717, 1.165) is 15.7 Å². The third kappa shape index (κ3) is 3.61. The Morgan fingerprint density at radius 1 is 1.25 bits per heavy atom. The quantitative estimate of drug-likeness (QED) is 0.854. The Bertz CT molecular complexity index is 626. The van der Waals surface area contributed by atoms with E-state index in [-0.39, 0.29) is 5.97 Å². The Kier molecular flexibility index (Phi) is 4.79. The number of aryl methyl sites for hydroxylation is 1. The van der Waals surface area contributed by atoms with Crippen molar-refractivity contribution in [1.82, 2.24) is 0 Å². The highest BCUT2D eigenvalue weighted by Crippen LogP contribution is 2.24. The van der Waals surface area contributed by atoms with Crippen LogP contribution < -0.4 is 5.32 Å². The molecule has 0 aliphatic heterocycles. The lowest BCUT2D eigenvalue weighted by molar-refractivity contribution is 0.0600. The van der Waals surface area contributed by atoms with Crippen LogP contribution in [0.25, 0.3) is 0 Å². The number of esters is 1. The summed E-state index contributed by atoms with van der Waals surface area (Å²) in [5.41, 5.74) is 3.82. The van der Waals surface area contributed by atoms with Gasteiger partial charge < -0.3 is 10.1 Å². The largest absolute Gasteiger partial charge is 0.465 e. The lowest BCUT2D eigenvalue weighted by Gasteiger charge is -2.10. The molecular formula is C16H16BrNO2. The predicted octanol–water partition coefficient (Wildman–Crippen LogP) is 4.16. The molecule has 2 rings (SSSR count). The highest BCUT2D eigenvalue weighted by Gasteiger charge is 2.06. The maximum Gasteiger partial charge on any atom is 0.337 e. The van der Waals surface area contributed by atoms with Gasteiger partial charge in [0, 0.05) is 16.7 Å². The number of rotatable bonds is 4. The number of hydrogen-bond acceptors (Lipinski definition) is 3. The number of nitrogens with one attached hydrogen (secondary N) is 1. The lowest BCUT2D eigenvalue weighted by atomic mass is 10.1. The SMILES string of the molecule is COC(=O)c1cccc(CNc2ccc(C)cc2Br)c1. The van der Waals surface area contributed by atoms with Gasteiger partial charge in [0.15, 0.2) is 0 Å². The lowest BCUT2D eigenvalue weighted by Crippen LogP contribution is -2.04. The third-order valence-electron chi connectivity index (χ3n) is 2.96. The minimum absolute atomic E-state index is 0.316. The van der Waals surface area contributed by atoms with E-state index in [0.29, 0.717) is 12.1 Å². The minimum atomic E-state index is -0.316. The topological polar surface area (TPSA) is 38.3 Å². The summed E-state index contributed by atoms with van der Waals surface area (Å²) < 4.78 is 5.75. The molecule has 1 N–H and O–H groups in total. The van der Waals surface area contributed by atoms with Crippen molar-refractivity contribution < 1.29 is 9.53 Å². The van der Waals surface area contributed by atoms with Crippen molar-refractivity contribution in [1.29, 1.82) is 0 Å². The van der Waals surface area contributed by atoms with Crippen molar-refractivity contribution in [3.63, 3.8) is 0 Å². The number of methoxy groups -OCH3 is 1. The smallest absolute Gasteiger partial charge is 0.337 e. The van der Waals surface area contributed by atoms with Crippen molar-refractivity contribution in [3.05, 3.63) is 63.6 Å². The summed E-state index contributed by atoms with van der Waals surface area (Å²) in [5.74, 6) is -0.316. The summed E-state index contributed by atoms with van der Waals surface area (Å²) in [6, 6.07) is 13.6. The fraction of sp³-hybridized carbons (Fsp3) is 0.188. The summed E-state index contributed by atoms with van der Waals surface area (Å²) in [6.45, 7) is 2.70. The first-order chi connectivity index (χ1) is 9.60. The van der Waals surface area contributed by atoms with E-state index in [1.165, 1.54) is 12.7 Å². The average molecular weight is 334 g/mol. The van der Waals surface area contributed by atoms with Gasteiger partial charge in [-0.2, -0.15) is 0 Å². The Labute approximate surface area is 127 Å². The van der Waals surface area contributed by atoms with Crippen LogP contribution >= 0.6 is 15.9 Å². The van der Waals surface area contributed by atoms with Crippen LogP contribution in [0.1, 0.15) is 21.5 Å².